The van der Waals surface area contributed by atoms with Crippen molar-refractivity contribution in [2.75, 3.05) is 54.2 Å². The number of esters is 1. The Balaban J connectivity index is 2.05. The summed E-state index contributed by atoms with van der Waals surface area (Å²) in [6.07, 6.45) is -0.477. The largest absolute Gasteiger partial charge is 0.493 e. The van der Waals surface area contributed by atoms with Gasteiger partial charge in [0.1, 0.15) is 6.10 Å². The SMILES string of the molecule is [CH2]C(CN1CCOCC1)OC(=O)c1cc(OC)c(OC)c(OC)c1. The lowest BCUT2D eigenvalue weighted by Crippen LogP contribution is -2.41. The second kappa shape index (κ2) is 8.75. The molecule has 7 nitrogen and oxygen atoms in total. The Hall–Kier alpha value is -1.99. The molecule has 1 aromatic rings. The average Bonchev–Trinajstić information content (AvgIpc) is 2.60. The zero-order valence-electron chi connectivity index (χ0n) is 14.4. The first kappa shape index (κ1) is 18.4. The molecular formula is C17H24NO6. The van der Waals surface area contributed by atoms with Crippen molar-refractivity contribution in [2.45, 2.75) is 6.10 Å². The minimum Gasteiger partial charge on any atom is -0.493 e. The Labute approximate surface area is 142 Å². The molecule has 1 aliphatic heterocycles. The van der Waals surface area contributed by atoms with Gasteiger partial charge >= 0.3 is 5.97 Å². The van der Waals surface area contributed by atoms with Crippen molar-refractivity contribution in [3.05, 3.63) is 24.6 Å². The van der Waals surface area contributed by atoms with Crippen molar-refractivity contribution < 1.29 is 28.5 Å². The zero-order valence-corrected chi connectivity index (χ0v) is 14.4. The Morgan fingerprint density at radius 3 is 2.25 bits per heavy atom. The summed E-state index contributed by atoms with van der Waals surface area (Å²) in [5, 5.41) is 0. The topological polar surface area (TPSA) is 66.5 Å². The van der Waals surface area contributed by atoms with E-state index in [0.29, 0.717) is 42.6 Å². The summed E-state index contributed by atoms with van der Waals surface area (Å²) in [6.45, 7) is 7.48. The molecule has 0 N–H and O–H groups in total. The molecule has 7 heteroatoms. The summed E-state index contributed by atoms with van der Waals surface area (Å²) >= 11 is 0. The quantitative estimate of drug-likeness (QED) is 0.696. The maximum absolute atomic E-state index is 12.4. The molecule has 24 heavy (non-hydrogen) atoms. The summed E-state index contributed by atoms with van der Waals surface area (Å²) in [6, 6.07) is 3.12. The van der Waals surface area contributed by atoms with Gasteiger partial charge in [-0.3, -0.25) is 4.90 Å². The van der Waals surface area contributed by atoms with E-state index in [0.717, 1.165) is 13.1 Å². The Bertz CT molecular complexity index is 531. The van der Waals surface area contributed by atoms with Crippen molar-refractivity contribution in [2.24, 2.45) is 0 Å². The molecule has 1 aliphatic rings. The lowest BCUT2D eigenvalue weighted by Gasteiger charge is -2.28. The maximum Gasteiger partial charge on any atom is 0.338 e. The monoisotopic (exact) mass is 338 g/mol. The molecule has 1 radical (unpaired) electrons. The Kier molecular flexibility index (Phi) is 6.69. The fourth-order valence-corrected chi connectivity index (χ4v) is 2.53. The van der Waals surface area contributed by atoms with Gasteiger partial charge in [0.15, 0.2) is 11.5 Å². The van der Waals surface area contributed by atoms with E-state index in [1.807, 2.05) is 0 Å². The highest BCUT2D eigenvalue weighted by atomic mass is 16.5. The van der Waals surface area contributed by atoms with Crippen LogP contribution in [0.5, 0.6) is 17.2 Å². The lowest BCUT2D eigenvalue weighted by atomic mass is 10.2. The van der Waals surface area contributed by atoms with E-state index in [4.69, 9.17) is 23.7 Å². The summed E-state index contributed by atoms with van der Waals surface area (Å²) in [4.78, 5) is 14.5. The predicted molar refractivity (Wildman–Crippen MR) is 87.9 cm³/mol. The first-order chi connectivity index (χ1) is 11.6. The number of carbonyl (C=O) groups excluding carboxylic acids is 1. The third-order valence-corrected chi connectivity index (χ3v) is 3.74. The molecule has 0 aromatic heterocycles. The summed E-state index contributed by atoms with van der Waals surface area (Å²) in [5.74, 6) is 0.744. The predicted octanol–water partition coefficient (Wildman–Crippen LogP) is 1.40. The van der Waals surface area contributed by atoms with Crippen LogP contribution in [0, 0.1) is 6.92 Å². The minimum atomic E-state index is -0.484. The van der Waals surface area contributed by atoms with Gasteiger partial charge in [-0.15, -0.1) is 0 Å². The molecule has 1 fully saturated rings. The fourth-order valence-electron chi connectivity index (χ4n) is 2.53. The Morgan fingerprint density at radius 2 is 1.75 bits per heavy atom. The molecule has 0 bridgehead atoms. The Morgan fingerprint density at radius 1 is 1.17 bits per heavy atom. The molecule has 1 unspecified atom stereocenters. The maximum atomic E-state index is 12.4. The van der Waals surface area contributed by atoms with Gasteiger partial charge in [-0.05, 0) is 19.1 Å². The smallest absolute Gasteiger partial charge is 0.338 e. The highest BCUT2D eigenvalue weighted by Gasteiger charge is 2.21. The van der Waals surface area contributed by atoms with Crippen LogP contribution in [0.2, 0.25) is 0 Å². The molecule has 1 atom stereocenters. The van der Waals surface area contributed by atoms with E-state index >= 15 is 0 Å². The van der Waals surface area contributed by atoms with E-state index in [1.165, 1.54) is 21.3 Å². The molecule has 0 spiro atoms. The molecule has 1 aromatic carbocycles. The van der Waals surface area contributed by atoms with Crippen molar-refractivity contribution >= 4 is 5.97 Å². The van der Waals surface area contributed by atoms with Crippen molar-refractivity contribution in [3.63, 3.8) is 0 Å². The number of hydrogen-bond donors (Lipinski definition) is 0. The molecule has 1 saturated heterocycles. The number of benzene rings is 1. The molecule has 1 heterocycles. The highest BCUT2D eigenvalue weighted by Crippen LogP contribution is 2.38. The van der Waals surface area contributed by atoms with E-state index in [1.54, 1.807) is 12.1 Å². The number of hydrogen-bond acceptors (Lipinski definition) is 7. The van der Waals surface area contributed by atoms with Crippen LogP contribution < -0.4 is 14.2 Å². The van der Waals surface area contributed by atoms with Gasteiger partial charge in [0, 0.05) is 19.6 Å². The first-order valence-electron chi connectivity index (χ1n) is 7.73. The summed E-state index contributed by atoms with van der Waals surface area (Å²) < 4.78 is 26.5. The normalized spacial score (nSPS) is 16.3. The number of methoxy groups -OCH3 is 3. The van der Waals surface area contributed by atoms with Crippen LogP contribution in [0.4, 0.5) is 0 Å². The molecule has 133 valence electrons. The average molecular weight is 338 g/mol. The van der Waals surface area contributed by atoms with Crippen molar-refractivity contribution in [1.82, 2.24) is 4.90 Å². The standard InChI is InChI=1S/C17H24NO6/c1-12(11-18-5-7-23-8-6-18)24-17(19)13-9-14(20-2)16(22-4)15(10-13)21-3/h9-10,12H,1,5-8,11H2,2-4H3. The number of carbonyl (C=O) groups is 1. The molecule has 0 saturated carbocycles. The second-order valence-electron chi connectivity index (χ2n) is 5.35. The third-order valence-electron chi connectivity index (χ3n) is 3.74. The van der Waals surface area contributed by atoms with E-state index in [2.05, 4.69) is 11.8 Å². The van der Waals surface area contributed by atoms with Crippen LogP contribution in [0.1, 0.15) is 10.4 Å². The highest BCUT2D eigenvalue weighted by molar-refractivity contribution is 5.91. The van der Waals surface area contributed by atoms with Crippen LogP contribution in [-0.2, 0) is 9.47 Å². The van der Waals surface area contributed by atoms with Gasteiger partial charge in [0.25, 0.3) is 0 Å². The molecule has 0 amide bonds. The summed E-state index contributed by atoms with van der Waals surface area (Å²) in [7, 11) is 4.50. The lowest BCUT2D eigenvalue weighted by molar-refractivity contribution is 0.00576. The van der Waals surface area contributed by atoms with Gasteiger partial charge in [-0.25, -0.2) is 4.79 Å². The van der Waals surface area contributed by atoms with E-state index in [9.17, 15) is 4.79 Å². The van der Waals surface area contributed by atoms with E-state index in [-0.39, 0.29) is 0 Å². The van der Waals surface area contributed by atoms with Gasteiger partial charge < -0.3 is 23.7 Å². The number of morpholine rings is 1. The molecule has 2 rings (SSSR count). The van der Waals surface area contributed by atoms with Crippen LogP contribution in [0.15, 0.2) is 12.1 Å². The fraction of sp³-hybridized carbons (Fsp3) is 0.529. The van der Waals surface area contributed by atoms with Gasteiger partial charge in [-0.2, -0.15) is 0 Å². The van der Waals surface area contributed by atoms with Crippen LogP contribution in [0.25, 0.3) is 0 Å². The molecular weight excluding hydrogens is 314 g/mol. The first-order valence-corrected chi connectivity index (χ1v) is 7.73. The van der Waals surface area contributed by atoms with Crippen molar-refractivity contribution in [1.29, 1.82) is 0 Å². The van der Waals surface area contributed by atoms with Crippen LogP contribution in [0.3, 0.4) is 0 Å². The van der Waals surface area contributed by atoms with Crippen LogP contribution in [-0.4, -0.2) is 71.2 Å². The number of ether oxygens (including phenoxy) is 5. The number of nitrogens with zero attached hydrogens (tertiary/aromatic N) is 1. The minimum absolute atomic E-state index is 0.320. The van der Waals surface area contributed by atoms with Crippen LogP contribution >= 0.6 is 0 Å². The third kappa shape index (κ3) is 4.52. The zero-order chi connectivity index (χ0) is 17.5. The van der Waals surface area contributed by atoms with Crippen molar-refractivity contribution in [3.8, 4) is 17.2 Å². The second-order valence-corrected chi connectivity index (χ2v) is 5.35. The number of rotatable bonds is 7. The van der Waals surface area contributed by atoms with Gasteiger partial charge in [0.2, 0.25) is 5.75 Å². The molecule has 0 aliphatic carbocycles. The van der Waals surface area contributed by atoms with Gasteiger partial charge in [0.05, 0.1) is 40.1 Å². The van der Waals surface area contributed by atoms with Gasteiger partial charge in [-0.1, -0.05) is 0 Å². The summed E-state index contributed by atoms with van der Waals surface area (Å²) in [5.41, 5.74) is 0.320. The van der Waals surface area contributed by atoms with E-state index < -0.39 is 12.1 Å².